The molecule has 4 rings (SSSR count). The van der Waals surface area contributed by atoms with Gasteiger partial charge in [-0.1, -0.05) is 57.1 Å². The molecule has 0 unspecified atom stereocenters. The summed E-state index contributed by atoms with van der Waals surface area (Å²) in [7, 11) is 2.02. The first-order valence-electron chi connectivity index (χ1n) is 15.1. The maximum Gasteiger partial charge on any atom is 0.410 e. The summed E-state index contributed by atoms with van der Waals surface area (Å²) in [4.78, 5) is 34.1. The van der Waals surface area contributed by atoms with Gasteiger partial charge < -0.3 is 30.2 Å². The summed E-state index contributed by atoms with van der Waals surface area (Å²) in [6.45, 7) is 15.8. The molecular formula is C33H47N5O5. The average Bonchev–Trinajstić information content (AvgIpc) is 2.93. The summed E-state index contributed by atoms with van der Waals surface area (Å²) in [5, 5.41) is 28.7. The Morgan fingerprint density at radius 1 is 1.14 bits per heavy atom. The minimum atomic E-state index is -1.38. The maximum atomic E-state index is 13.4. The molecule has 0 spiro atoms. The number of hydrogen-bond donors (Lipinski definition) is 3. The zero-order valence-corrected chi connectivity index (χ0v) is 26.7. The highest BCUT2D eigenvalue weighted by molar-refractivity contribution is 6.08. The number of ether oxygens (including phenoxy) is 1. The van der Waals surface area contributed by atoms with Crippen molar-refractivity contribution >= 4 is 17.8 Å². The van der Waals surface area contributed by atoms with Crippen LogP contribution in [0.4, 0.5) is 4.79 Å². The molecule has 43 heavy (non-hydrogen) atoms. The third-order valence-electron chi connectivity index (χ3n) is 8.77. The summed E-state index contributed by atoms with van der Waals surface area (Å²) >= 11 is 0. The molecule has 0 radical (unpaired) electrons. The van der Waals surface area contributed by atoms with Crippen molar-refractivity contribution in [2.45, 2.75) is 72.0 Å². The van der Waals surface area contributed by atoms with E-state index in [1.807, 2.05) is 59.0 Å². The van der Waals surface area contributed by atoms with E-state index in [1.165, 1.54) is 11.8 Å². The van der Waals surface area contributed by atoms with Gasteiger partial charge in [0.05, 0.1) is 0 Å². The van der Waals surface area contributed by atoms with E-state index in [9.17, 15) is 19.9 Å². The van der Waals surface area contributed by atoms with Crippen molar-refractivity contribution in [2.75, 3.05) is 33.2 Å². The number of nitrogens with zero attached hydrogens (tertiary/aromatic N) is 4. The Bertz CT molecular complexity index is 1350. The van der Waals surface area contributed by atoms with Crippen LogP contribution in [0.1, 0.15) is 83.1 Å². The number of amidine groups is 1. The van der Waals surface area contributed by atoms with Crippen molar-refractivity contribution in [1.29, 1.82) is 0 Å². The van der Waals surface area contributed by atoms with Gasteiger partial charge in [0.2, 0.25) is 5.91 Å². The minimum Gasteiger partial charge on any atom is -0.444 e. The number of piperidine rings is 1. The van der Waals surface area contributed by atoms with E-state index in [0.29, 0.717) is 49.6 Å². The topological polar surface area (TPSA) is 128 Å². The molecule has 1 aromatic heterocycles. The quantitative estimate of drug-likeness (QED) is 0.194. The van der Waals surface area contributed by atoms with E-state index in [2.05, 4.69) is 41.1 Å². The van der Waals surface area contributed by atoms with Gasteiger partial charge in [0.1, 0.15) is 11.2 Å². The fourth-order valence-corrected chi connectivity index (χ4v) is 6.51. The molecule has 2 aliphatic heterocycles. The van der Waals surface area contributed by atoms with E-state index in [-0.39, 0.29) is 17.7 Å². The van der Waals surface area contributed by atoms with Gasteiger partial charge >= 0.3 is 6.09 Å². The third kappa shape index (κ3) is 6.70. The molecule has 0 aliphatic carbocycles. The fourth-order valence-electron chi connectivity index (χ4n) is 6.51. The first-order valence-corrected chi connectivity index (χ1v) is 15.1. The Morgan fingerprint density at radius 3 is 2.33 bits per heavy atom. The molecule has 3 heterocycles. The van der Waals surface area contributed by atoms with Crippen LogP contribution in [0.15, 0.2) is 47.9 Å². The van der Waals surface area contributed by atoms with Crippen molar-refractivity contribution in [3.8, 4) is 0 Å². The number of aromatic nitrogens is 1. The van der Waals surface area contributed by atoms with Crippen molar-refractivity contribution in [3.63, 3.8) is 0 Å². The summed E-state index contributed by atoms with van der Waals surface area (Å²) in [5.74, 6) is -0.527. The molecule has 1 aromatic carbocycles. The number of nitrogens with one attached hydrogen (secondary N) is 1. The molecule has 2 aliphatic rings. The van der Waals surface area contributed by atoms with Gasteiger partial charge in [-0.2, -0.15) is 0 Å². The second-order valence-electron chi connectivity index (χ2n) is 13.9. The fraction of sp³-hybridized carbons (Fsp3) is 0.576. The van der Waals surface area contributed by atoms with Crippen LogP contribution in [0.25, 0.3) is 0 Å². The standard InChI is InChI=1S/C33H47N5O5/c1-21(2)23-9-11-25(12-10-23)33(41,32(7)19-37(8)20-32)26-15-24(16-34-17-26)28(36-42)35-29(39)27-13-14-38(18-22(27)3)30(40)43-31(4,5)6/h9-12,15-17,21-22,27,41-42H,13-14,18-20H2,1-8H3,(H,35,36,39)/t22-,27+,33+/m1/s1. The molecule has 2 fully saturated rings. The third-order valence-corrected chi connectivity index (χ3v) is 8.77. The number of rotatable bonds is 6. The molecule has 3 atom stereocenters. The summed E-state index contributed by atoms with van der Waals surface area (Å²) in [6, 6.07) is 9.77. The maximum absolute atomic E-state index is 13.4. The molecule has 2 aromatic rings. The van der Waals surface area contributed by atoms with Crippen molar-refractivity contribution < 1.29 is 24.6 Å². The van der Waals surface area contributed by atoms with E-state index in [4.69, 9.17) is 4.74 Å². The average molecular weight is 594 g/mol. The zero-order valence-electron chi connectivity index (χ0n) is 26.7. The second kappa shape index (κ2) is 12.2. The Labute approximate surface area is 255 Å². The van der Waals surface area contributed by atoms with Gasteiger partial charge in [-0.25, -0.2) is 4.79 Å². The smallest absolute Gasteiger partial charge is 0.410 e. The molecule has 3 N–H and O–H groups in total. The van der Waals surface area contributed by atoms with Crippen LogP contribution in [0.3, 0.4) is 0 Å². The van der Waals surface area contributed by atoms with Gasteiger partial charge in [0.25, 0.3) is 0 Å². The Morgan fingerprint density at radius 2 is 1.79 bits per heavy atom. The lowest BCUT2D eigenvalue weighted by molar-refractivity contribution is -0.127. The number of hydrogen-bond acceptors (Lipinski definition) is 8. The highest BCUT2D eigenvalue weighted by atomic mass is 16.6. The lowest BCUT2D eigenvalue weighted by Gasteiger charge is -2.55. The molecule has 234 valence electrons. The number of likely N-dealkylation sites (tertiary alicyclic amines) is 2. The summed E-state index contributed by atoms with van der Waals surface area (Å²) in [6.07, 6.45) is 3.19. The normalized spacial score (nSPS) is 22.5. The number of carbonyl (C=O) groups excluding carboxylic acids is 2. The van der Waals surface area contributed by atoms with Crippen LogP contribution in [0.2, 0.25) is 0 Å². The lowest BCUT2D eigenvalue weighted by Crippen LogP contribution is -2.63. The monoisotopic (exact) mass is 593 g/mol. The predicted molar refractivity (Wildman–Crippen MR) is 165 cm³/mol. The summed E-state index contributed by atoms with van der Waals surface area (Å²) in [5.41, 5.74) is 0.373. The Balaban J connectivity index is 1.56. The van der Waals surface area contributed by atoms with Crippen molar-refractivity contribution in [1.82, 2.24) is 20.1 Å². The van der Waals surface area contributed by atoms with Gasteiger partial charge in [0, 0.05) is 61.0 Å². The van der Waals surface area contributed by atoms with Gasteiger partial charge in [-0.05, 0) is 63.3 Å². The predicted octanol–water partition coefficient (Wildman–Crippen LogP) is 4.54. The highest BCUT2D eigenvalue weighted by Gasteiger charge is 2.55. The largest absolute Gasteiger partial charge is 0.444 e. The highest BCUT2D eigenvalue weighted by Crippen LogP contribution is 2.50. The van der Waals surface area contributed by atoms with Crippen LogP contribution in [-0.2, 0) is 15.1 Å². The Kier molecular flexibility index (Phi) is 9.23. The van der Waals surface area contributed by atoms with E-state index in [1.54, 1.807) is 17.2 Å². The zero-order chi connectivity index (χ0) is 31.7. The van der Waals surface area contributed by atoms with Crippen LogP contribution >= 0.6 is 0 Å². The molecule has 10 heteroatoms. The van der Waals surface area contributed by atoms with Crippen LogP contribution in [0.5, 0.6) is 0 Å². The number of oxime groups is 1. The van der Waals surface area contributed by atoms with Gasteiger partial charge in [-0.3, -0.25) is 9.78 Å². The number of carbonyl (C=O) groups is 2. The molecule has 2 saturated heterocycles. The van der Waals surface area contributed by atoms with E-state index in [0.717, 1.165) is 5.56 Å². The first kappa shape index (κ1) is 32.4. The summed E-state index contributed by atoms with van der Waals surface area (Å²) < 4.78 is 5.49. The molecular weight excluding hydrogens is 546 g/mol. The number of benzene rings is 1. The van der Waals surface area contributed by atoms with Gasteiger partial charge in [-0.15, -0.1) is 0 Å². The van der Waals surface area contributed by atoms with Crippen molar-refractivity contribution in [3.05, 3.63) is 65.0 Å². The number of pyridine rings is 1. The first-order chi connectivity index (χ1) is 20.1. The molecule has 2 amide bonds. The minimum absolute atomic E-state index is 0.0468. The SMILES string of the molecule is CC(C)c1ccc([C@](O)(c2cncc(/C(=N\O)NC(=O)[C@H]3CCN(C(=O)OC(C)(C)C)C[C@H]3C)c2)C2(C)CN(C)C2)cc1. The van der Waals surface area contributed by atoms with Gasteiger partial charge in [0.15, 0.2) is 5.84 Å². The van der Waals surface area contributed by atoms with E-state index < -0.39 is 28.6 Å². The molecule has 10 nitrogen and oxygen atoms in total. The van der Waals surface area contributed by atoms with Crippen molar-refractivity contribution in [2.24, 2.45) is 22.4 Å². The molecule has 0 saturated carbocycles. The van der Waals surface area contributed by atoms with E-state index >= 15 is 0 Å². The second-order valence-corrected chi connectivity index (χ2v) is 13.9. The number of amides is 2. The molecule has 0 bridgehead atoms. The van der Waals surface area contributed by atoms with Crippen LogP contribution in [-0.4, -0.2) is 81.8 Å². The Hall–Kier alpha value is -3.50. The van der Waals surface area contributed by atoms with Crippen LogP contribution in [0, 0.1) is 17.3 Å². The number of aliphatic hydroxyl groups is 1. The van der Waals surface area contributed by atoms with Crippen LogP contribution < -0.4 is 5.32 Å². The lowest BCUT2D eigenvalue weighted by atomic mass is 9.62.